The highest BCUT2D eigenvalue weighted by Gasteiger charge is 2.28. The molecule has 20 heavy (non-hydrogen) atoms. The number of carbonyl (C=O) groups excluding carboxylic acids is 2. The maximum absolute atomic E-state index is 13.2. The predicted molar refractivity (Wildman–Crippen MR) is 73.8 cm³/mol. The molecular weight excluding hydrogens is 263 g/mol. The quantitative estimate of drug-likeness (QED) is 0.830. The molecule has 0 aromatic heterocycles. The van der Waals surface area contributed by atoms with Gasteiger partial charge in [0.2, 0.25) is 5.91 Å². The normalized spacial score (nSPS) is 12.7. The summed E-state index contributed by atoms with van der Waals surface area (Å²) in [5, 5.41) is 2.53. The minimum absolute atomic E-state index is 0.0537. The summed E-state index contributed by atoms with van der Waals surface area (Å²) in [4.78, 5) is 23.6. The van der Waals surface area contributed by atoms with Crippen molar-refractivity contribution in [1.29, 1.82) is 0 Å². The summed E-state index contributed by atoms with van der Waals surface area (Å²) >= 11 is 0. The van der Waals surface area contributed by atoms with E-state index in [-0.39, 0.29) is 11.3 Å². The third-order valence-electron chi connectivity index (χ3n) is 2.86. The predicted octanol–water partition coefficient (Wildman–Crippen LogP) is 1.92. The van der Waals surface area contributed by atoms with Crippen molar-refractivity contribution < 1.29 is 18.7 Å². The Morgan fingerprint density at radius 1 is 1.35 bits per heavy atom. The van der Waals surface area contributed by atoms with E-state index in [2.05, 4.69) is 10.1 Å². The van der Waals surface area contributed by atoms with Crippen LogP contribution in [-0.2, 0) is 9.53 Å². The van der Waals surface area contributed by atoms with Crippen LogP contribution in [0.1, 0.15) is 31.1 Å². The topological polar surface area (TPSA) is 81.4 Å². The van der Waals surface area contributed by atoms with E-state index in [1.54, 1.807) is 0 Å². The molecule has 0 radical (unpaired) electrons. The summed E-state index contributed by atoms with van der Waals surface area (Å²) in [5.41, 5.74) is 5.51. The molecule has 0 fully saturated rings. The number of benzene rings is 1. The van der Waals surface area contributed by atoms with E-state index in [9.17, 15) is 14.0 Å². The van der Waals surface area contributed by atoms with E-state index in [0.717, 1.165) is 12.1 Å². The molecule has 1 atom stereocenters. The Morgan fingerprint density at radius 2 is 1.95 bits per heavy atom. The number of halogens is 1. The number of hydrogen-bond acceptors (Lipinski definition) is 4. The second-order valence-corrected chi connectivity index (χ2v) is 5.51. The minimum Gasteiger partial charge on any atom is -0.465 e. The van der Waals surface area contributed by atoms with Crippen molar-refractivity contribution in [1.82, 2.24) is 0 Å². The molecule has 0 saturated carbocycles. The van der Waals surface area contributed by atoms with Gasteiger partial charge in [0.1, 0.15) is 5.82 Å². The fourth-order valence-electron chi connectivity index (χ4n) is 1.51. The molecule has 0 unspecified atom stereocenters. The highest BCUT2D eigenvalue weighted by molar-refractivity contribution is 6.02. The lowest BCUT2D eigenvalue weighted by Crippen LogP contribution is -2.45. The largest absolute Gasteiger partial charge is 0.465 e. The fraction of sp³-hybridized carbons (Fsp3) is 0.429. The lowest BCUT2D eigenvalue weighted by molar-refractivity contribution is -0.119. The maximum Gasteiger partial charge on any atom is 0.340 e. The molecule has 1 rings (SSSR count). The monoisotopic (exact) mass is 282 g/mol. The summed E-state index contributed by atoms with van der Waals surface area (Å²) < 4.78 is 17.7. The van der Waals surface area contributed by atoms with Crippen LogP contribution in [0.2, 0.25) is 0 Å². The van der Waals surface area contributed by atoms with Crippen LogP contribution in [0.15, 0.2) is 18.2 Å². The van der Waals surface area contributed by atoms with Crippen molar-refractivity contribution in [3.63, 3.8) is 0 Å². The Balaban J connectivity index is 3.04. The van der Waals surface area contributed by atoms with Crippen molar-refractivity contribution in [3.05, 3.63) is 29.6 Å². The number of carbonyl (C=O) groups is 2. The van der Waals surface area contributed by atoms with E-state index < -0.39 is 29.2 Å². The number of esters is 1. The van der Waals surface area contributed by atoms with Crippen LogP contribution in [0.3, 0.4) is 0 Å². The van der Waals surface area contributed by atoms with Gasteiger partial charge < -0.3 is 15.8 Å². The molecule has 3 N–H and O–H groups in total. The van der Waals surface area contributed by atoms with E-state index in [0.29, 0.717) is 0 Å². The van der Waals surface area contributed by atoms with Crippen molar-refractivity contribution in [3.8, 4) is 0 Å². The van der Waals surface area contributed by atoms with E-state index in [1.165, 1.54) is 13.2 Å². The van der Waals surface area contributed by atoms with E-state index in [4.69, 9.17) is 5.73 Å². The first-order chi connectivity index (χ1) is 9.16. The van der Waals surface area contributed by atoms with E-state index in [1.807, 2.05) is 20.8 Å². The van der Waals surface area contributed by atoms with Crippen LogP contribution in [-0.4, -0.2) is 25.0 Å². The average Bonchev–Trinajstić information content (AvgIpc) is 2.37. The van der Waals surface area contributed by atoms with Crippen LogP contribution in [0.25, 0.3) is 0 Å². The summed E-state index contributed by atoms with van der Waals surface area (Å²) in [7, 11) is 1.18. The Bertz CT molecular complexity index is 524. The third-order valence-corrected chi connectivity index (χ3v) is 2.86. The van der Waals surface area contributed by atoms with Gasteiger partial charge in [-0.3, -0.25) is 4.79 Å². The Morgan fingerprint density at radius 3 is 2.45 bits per heavy atom. The molecular formula is C14H19FN2O3. The Hall–Kier alpha value is -1.95. The van der Waals surface area contributed by atoms with Gasteiger partial charge in [0, 0.05) is 0 Å². The summed E-state index contributed by atoms with van der Waals surface area (Å²) in [6, 6.07) is 2.68. The van der Waals surface area contributed by atoms with Crippen LogP contribution in [0.4, 0.5) is 10.1 Å². The highest BCUT2D eigenvalue weighted by atomic mass is 19.1. The van der Waals surface area contributed by atoms with Crippen molar-refractivity contribution >= 4 is 17.6 Å². The van der Waals surface area contributed by atoms with Gasteiger partial charge in [0.05, 0.1) is 24.4 Å². The van der Waals surface area contributed by atoms with Gasteiger partial charge in [-0.05, 0) is 23.6 Å². The first-order valence-electron chi connectivity index (χ1n) is 6.11. The molecule has 0 aliphatic carbocycles. The number of amides is 1. The fourth-order valence-corrected chi connectivity index (χ4v) is 1.51. The lowest BCUT2D eigenvalue weighted by Gasteiger charge is -2.26. The first kappa shape index (κ1) is 16.1. The molecule has 0 aliphatic heterocycles. The number of nitrogens with one attached hydrogen (secondary N) is 1. The average molecular weight is 282 g/mol. The zero-order valence-electron chi connectivity index (χ0n) is 12.0. The third kappa shape index (κ3) is 3.77. The van der Waals surface area contributed by atoms with Gasteiger partial charge in [-0.2, -0.15) is 0 Å². The molecule has 1 amide bonds. The second-order valence-electron chi connectivity index (χ2n) is 5.51. The number of methoxy groups -OCH3 is 1. The van der Waals surface area contributed by atoms with Gasteiger partial charge in [-0.15, -0.1) is 0 Å². The smallest absolute Gasteiger partial charge is 0.340 e. The lowest BCUT2D eigenvalue weighted by atomic mass is 9.87. The number of rotatable bonds is 3. The number of nitrogens with two attached hydrogens (primary N) is 1. The summed E-state index contributed by atoms with van der Waals surface area (Å²) in [5.74, 6) is -1.78. The Kier molecular flexibility index (Phi) is 4.83. The summed E-state index contributed by atoms with van der Waals surface area (Å²) in [6.45, 7) is 5.47. The SMILES string of the molecule is COC(=O)c1cc(F)ccc1NC(=O)[C@H](N)C(C)(C)C. The van der Waals surface area contributed by atoms with Gasteiger partial charge >= 0.3 is 5.97 Å². The maximum atomic E-state index is 13.2. The molecule has 1 aromatic rings. The number of ether oxygens (including phenoxy) is 1. The standard InChI is InChI=1S/C14H19FN2O3/c1-14(2,3)11(16)12(18)17-10-6-5-8(15)7-9(10)13(19)20-4/h5-7,11H,16H2,1-4H3,(H,17,18)/t11-/m0/s1. The molecule has 0 spiro atoms. The zero-order valence-corrected chi connectivity index (χ0v) is 12.0. The molecule has 6 heteroatoms. The highest BCUT2D eigenvalue weighted by Crippen LogP contribution is 2.22. The van der Waals surface area contributed by atoms with Gasteiger partial charge in [-0.1, -0.05) is 20.8 Å². The van der Waals surface area contributed by atoms with Crippen LogP contribution in [0, 0.1) is 11.2 Å². The van der Waals surface area contributed by atoms with Crippen LogP contribution < -0.4 is 11.1 Å². The second kappa shape index (κ2) is 6.00. The number of hydrogen-bond donors (Lipinski definition) is 2. The minimum atomic E-state index is -0.766. The van der Waals surface area contributed by atoms with Gasteiger partial charge in [0.25, 0.3) is 0 Å². The van der Waals surface area contributed by atoms with Crippen molar-refractivity contribution in [2.24, 2.45) is 11.1 Å². The van der Waals surface area contributed by atoms with Crippen molar-refractivity contribution in [2.75, 3.05) is 12.4 Å². The molecule has 1 aromatic carbocycles. The van der Waals surface area contributed by atoms with E-state index >= 15 is 0 Å². The molecule has 110 valence electrons. The first-order valence-corrected chi connectivity index (χ1v) is 6.11. The number of anilines is 1. The Labute approximate surface area is 117 Å². The molecule has 0 saturated heterocycles. The zero-order chi connectivity index (χ0) is 15.5. The summed E-state index contributed by atoms with van der Waals surface area (Å²) in [6.07, 6.45) is 0. The molecule has 0 bridgehead atoms. The molecule has 0 aliphatic rings. The molecule has 5 nitrogen and oxygen atoms in total. The van der Waals surface area contributed by atoms with Gasteiger partial charge in [0.15, 0.2) is 0 Å². The molecule has 0 heterocycles. The van der Waals surface area contributed by atoms with Gasteiger partial charge in [-0.25, -0.2) is 9.18 Å². The van der Waals surface area contributed by atoms with Crippen molar-refractivity contribution in [2.45, 2.75) is 26.8 Å². The van der Waals surface area contributed by atoms with Crippen LogP contribution in [0.5, 0.6) is 0 Å². The van der Waals surface area contributed by atoms with Crippen LogP contribution >= 0.6 is 0 Å².